The SMILES string of the molecule is COCCCc1cccc2cc(OC(=O)C3CCCCC3C)cc(-c3ncc4c(N5CCCC(C)(NC=O)C5)nc(OCC56CCCN5CCC6)nc4c3F)c12. The van der Waals surface area contributed by atoms with Gasteiger partial charge < -0.3 is 24.4 Å². The van der Waals surface area contributed by atoms with Gasteiger partial charge in [0.05, 0.1) is 22.4 Å². The maximum Gasteiger partial charge on any atom is 0.319 e. The number of methoxy groups -OCH3 is 1. The summed E-state index contributed by atoms with van der Waals surface area (Å²) in [6, 6.07) is 9.78. The molecule has 298 valence electrons. The number of anilines is 1. The zero-order valence-electron chi connectivity index (χ0n) is 33.1. The van der Waals surface area contributed by atoms with Crippen LogP contribution in [0.5, 0.6) is 11.8 Å². The number of nitrogens with one attached hydrogen (secondary N) is 1. The summed E-state index contributed by atoms with van der Waals surface area (Å²) in [4.78, 5) is 44.4. The van der Waals surface area contributed by atoms with Crippen molar-refractivity contribution in [1.29, 1.82) is 0 Å². The Balaban J connectivity index is 1.25. The van der Waals surface area contributed by atoms with E-state index in [0.717, 1.165) is 106 Å². The lowest BCUT2D eigenvalue weighted by atomic mass is 9.80. The molecule has 8 rings (SSSR count). The van der Waals surface area contributed by atoms with Crippen LogP contribution in [0.4, 0.5) is 10.2 Å². The molecule has 0 spiro atoms. The quantitative estimate of drug-likeness (QED) is 0.0638. The lowest BCUT2D eigenvalue weighted by molar-refractivity contribution is -0.141. The van der Waals surface area contributed by atoms with Gasteiger partial charge in [0.15, 0.2) is 5.82 Å². The third-order valence-electron chi connectivity index (χ3n) is 13.0. The maximum absolute atomic E-state index is 17.6. The Hall–Kier alpha value is -4.42. The van der Waals surface area contributed by atoms with E-state index >= 15 is 4.39 Å². The molecule has 56 heavy (non-hydrogen) atoms. The molecular formula is C44H55FN6O5. The highest BCUT2D eigenvalue weighted by Crippen LogP contribution is 2.42. The van der Waals surface area contributed by atoms with E-state index in [1.54, 1.807) is 19.4 Å². The van der Waals surface area contributed by atoms with E-state index in [2.05, 4.69) is 28.1 Å². The topological polar surface area (TPSA) is 119 Å². The van der Waals surface area contributed by atoms with Gasteiger partial charge in [-0.05, 0) is 119 Å². The second kappa shape index (κ2) is 16.2. The van der Waals surface area contributed by atoms with Crippen molar-refractivity contribution in [3.05, 3.63) is 47.9 Å². The molecule has 3 unspecified atom stereocenters. The highest BCUT2D eigenvalue weighted by molar-refractivity contribution is 6.02. The molecule has 0 radical (unpaired) electrons. The fourth-order valence-corrected chi connectivity index (χ4v) is 10.1. The van der Waals surface area contributed by atoms with Crippen LogP contribution >= 0.6 is 0 Å². The Morgan fingerprint density at radius 2 is 1.86 bits per heavy atom. The minimum Gasteiger partial charge on any atom is -0.461 e. The average Bonchev–Trinajstić information content (AvgIpc) is 3.78. The normalized spacial score (nSPS) is 23.7. The second-order valence-corrected chi connectivity index (χ2v) is 16.9. The van der Waals surface area contributed by atoms with Crippen molar-refractivity contribution in [2.75, 3.05) is 51.4 Å². The van der Waals surface area contributed by atoms with Crippen LogP contribution in [0.25, 0.3) is 32.9 Å². The Morgan fingerprint density at radius 3 is 2.64 bits per heavy atom. The minimum atomic E-state index is -0.597. The Kier molecular flexibility index (Phi) is 11.1. The lowest BCUT2D eigenvalue weighted by Gasteiger charge is -2.41. The number of benzene rings is 2. The van der Waals surface area contributed by atoms with E-state index in [9.17, 15) is 9.59 Å². The molecule has 3 aliphatic heterocycles. The summed E-state index contributed by atoms with van der Waals surface area (Å²) < 4.78 is 35.6. The van der Waals surface area contributed by atoms with Gasteiger partial charge in [-0.3, -0.25) is 19.5 Å². The van der Waals surface area contributed by atoms with Gasteiger partial charge in [0.2, 0.25) is 6.41 Å². The molecule has 1 amide bonds. The van der Waals surface area contributed by atoms with E-state index in [1.807, 2.05) is 25.1 Å². The van der Waals surface area contributed by atoms with Crippen LogP contribution in [0.2, 0.25) is 0 Å². The third kappa shape index (κ3) is 7.54. The van der Waals surface area contributed by atoms with Gasteiger partial charge in [-0.25, -0.2) is 4.39 Å². The van der Waals surface area contributed by atoms with Gasteiger partial charge in [0, 0.05) is 38.6 Å². The predicted molar refractivity (Wildman–Crippen MR) is 215 cm³/mol. The van der Waals surface area contributed by atoms with Crippen molar-refractivity contribution < 1.29 is 28.2 Å². The highest BCUT2D eigenvalue weighted by Gasteiger charge is 2.45. The van der Waals surface area contributed by atoms with Gasteiger partial charge in [-0.1, -0.05) is 38.0 Å². The Morgan fingerprint density at radius 1 is 1.05 bits per heavy atom. The number of rotatable bonds is 13. The van der Waals surface area contributed by atoms with Crippen molar-refractivity contribution in [2.24, 2.45) is 11.8 Å². The predicted octanol–water partition coefficient (Wildman–Crippen LogP) is 7.41. The molecule has 1 saturated carbocycles. The largest absolute Gasteiger partial charge is 0.461 e. The lowest BCUT2D eigenvalue weighted by Crippen LogP contribution is -2.55. The van der Waals surface area contributed by atoms with Crippen LogP contribution < -0.4 is 19.7 Å². The first-order chi connectivity index (χ1) is 27.2. The molecule has 2 aromatic carbocycles. The smallest absolute Gasteiger partial charge is 0.319 e. The summed E-state index contributed by atoms with van der Waals surface area (Å²) in [5.41, 5.74) is 1.25. The fraction of sp³-hybridized carbons (Fsp3) is 0.568. The second-order valence-electron chi connectivity index (χ2n) is 16.9. The summed E-state index contributed by atoms with van der Waals surface area (Å²) in [5, 5.41) is 5.14. The summed E-state index contributed by atoms with van der Waals surface area (Å²) >= 11 is 0. The zero-order chi connectivity index (χ0) is 38.9. The minimum absolute atomic E-state index is 0.0522. The average molecular weight is 767 g/mol. The van der Waals surface area contributed by atoms with Gasteiger partial charge in [-0.2, -0.15) is 9.97 Å². The van der Waals surface area contributed by atoms with E-state index in [-0.39, 0.29) is 40.6 Å². The first-order valence-corrected chi connectivity index (χ1v) is 20.7. The molecule has 3 atom stereocenters. The third-order valence-corrected chi connectivity index (χ3v) is 13.0. The van der Waals surface area contributed by atoms with E-state index in [1.165, 1.54) is 0 Å². The zero-order valence-corrected chi connectivity index (χ0v) is 33.1. The summed E-state index contributed by atoms with van der Waals surface area (Å²) in [5.74, 6) is 0.121. The molecule has 5 heterocycles. The number of carbonyl (C=O) groups is 2. The molecule has 12 heteroatoms. The van der Waals surface area contributed by atoms with Crippen LogP contribution in [-0.4, -0.2) is 89.8 Å². The number of ether oxygens (including phenoxy) is 3. The summed E-state index contributed by atoms with van der Waals surface area (Å²) in [6.45, 7) is 8.43. The molecule has 1 N–H and O–H groups in total. The van der Waals surface area contributed by atoms with Crippen LogP contribution in [0.1, 0.15) is 90.0 Å². The molecule has 3 saturated heterocycles. The number of aromatic nitrogens is 3. The molecule has 0 bridgehead atoms. The number of nitrogens with zero attached hydrogens (tertiary/aromatic N) is 5. The number of esters is 1. The number of aryl methyl sites for hydroxylation is 1. The van der Waals surface area contributed by atoms with Crippen LogP contribution in [0.15, 0.2) is 36.5 Å². The molecule has 4 fully saturated rings. The number of amides is 1. The molecule has 2 aromatic heterocycles. The van der Waals surface area contributed by atoms with Crippen molar-refractivity contribution in [2.45, 2.75) is 102 Å². The highest BCUT2D eigenvalue weighted by atomic mass is 19.1. The van der Waals surface area contributed by atoms with Crippen LogP contribution in [0, 0.1) is 17.7 Å². The maximum atomic E-state index is 17.6. The van der Waals surface area contributed by atoms with Gasteiger partial charge in [-0.15, -0.1) is 0 Å². The van der Waals surface area contributed by atoms with Crippen molar-refractivity contribution in [1.82, 2.24) is 25.2 Å². The monoisotopic (exact) mass is 766 g/mol. The number of halogens is 1. The first-order valence-electron chi connectivity index (χ1n) is 20.7. The number of pyridine rings is 1. The fourth-order valence-electron chi connectivity index (χ4n) is 10.1. The van der Waals surface area contributed by atoms with Crippen molar-refractivity contribution in [3.8, 4) is 23.0 Å². The first kappa shape index (κ1) is 38.5. The number of piperidine rings is 1. The van der Waals surface area contributed by atoms with E-state index < -0.39 is 11.4 Å². The molecule has 4 aliphatic rings. The van der Waals surface area contributed by atoms with Gasteiger partial charge in [0.25, 0.3) is 0 Å². The summed E-state index contributed by atoms with van der Waals surface area (Å²) in [7, 11) is 1.69. The van der Waals surface area contributed by atoms with E-state index in [4.69, 9.17) is 29.2 Å². The van der Waals surface area contributed by atoms with Crippen LogP contribution in [-0.2, 0) is 20.7 Å². The van der Waals surface area contributed by atoms with E-state index in [0.29, 0.717) is 55.2 Å². The van der Waals surface area contributed by atoms with Crippen molar-refractivity contribution >= 4 is 39.9 Å². The molecule has 4 aromatic rings. The van der Waals surface area contributed by atoms with Crippen LogP contribution in [0.3, 0.4) is 0 Å². The standard InChI is InChI=1S/C44H55FN6O5/c1-29-11-4-5-15-33(29)41(53)56-32-23-31-13-6-12-30(14-7-22-54-3)36(31)34(24-32)38-37(45)39-35(25-46-38)40(50-19-8-16-43(2,26-50)47-28-52)49-42(48-39)55-27-44-17-9-20-51(44)21-10-18-44/h6,12-13,23-25,28-29,33H,4-5,7-11,14-22,26-27H2,1-3H3,(H,47,52). The van der Waals surface area contributed by atoms with Gasteiger partial charge in [0.1, 0.15) is 29.4 Å². The Bertz CT molecular complexity index is 2090. The molecular weight excluding hydrogens is 712 g/mol. The number of hydrogen-bond acceptors (Lipinski definition) is 10. The number of carbonyl (C=O) groups excluding carboxylic acids is 2. The number of hydrogen-bond donors (Lipinski definition) is 1. The molecule has 1 aliphatic carbocycles. The van der Waals surface area contributed by atoms with Crippen molar-refractivity contribution in [3.63, 3.8) is 0 Å². The molecule has 11 nitrogen and oxygen atoms in total. The summed E-state index contributed by atoms with van der Waals surface area (Å²) in [6.07, 6.45) is 13.8. The Labute approximate surface area is 328 Å². The number of fused-ring (bicyclic) bond motifs is 3. The van der Waals surface area contributed by atoms with Gasteiger partial charge >= 0.3 is 12.0 Å².